The first-order valence-corrected chi connectivity index (χ1v) is 16.4. The molecule has 45 heavy (non-hydrogen) atoms. The summed E-state index contributed by atoms with van der Waals surface area (Å²) in [5, 5.41) is 6.00. The Morgan fingerprint density at radius 3 is 2.47 bits per heavy atom. The molecule has 234 valence electrons. The number of anilines is 1. The van der Waals surface area contributed by atoms with Crippen molar-refractivity contribution >= 4 is 27.9 Å². The van der Waals surface area contributed by atoms with E-state index in [4.69, 9.17) is 30.3 Å². The lowest BCUT2D eigenvalue weighted by Gasteiger charge is -2.42. The van der Waals surface area contributed by atoms with E-state index in [0.717, 1.165) is 124 Å². The molecule has 5 heterocycles. The van der Waals surface area contributed by atoms with Gasteiger partial charge < -0.3 is 25.1 Å². The fourth-order valence-corrected chi connectivity index (χ4v) is 7.41. The van der Waals surface area contributed by atoms with Gasteiger partial charge in [-0.3, -0.25) is 4.90 Å². The molecule has 3 aliphatic rings. The number of nitrogens with two attached hydrogens (primary N) is 1. The first kappa shape index (κ1) is 28.6. The highest BCUT2D eigenvalue weighted by Crippen LogP contribution is 2.37. The Balaban J connectivity index is 0.960. The van der Waals surface area contributed by atoms with Gasteiger partial charge in [-0.05, 0) is 43.4 Å². The van der Waals surface area contributed by atoms with Gasteiger partial charge in [-0.15, -0.1) is 0 Å². The van der Waals surface area contributed by atoms with E-state index >= 15 is 0 Å². The Morgan fingerprint density at radius 1 is 0.889 bits per heavy atom. The second-order valence-corrected chi connectivity index (χ2v) is 12.6. The number of nitrogens with one attached hydrogen (secondary N) is 1. The summed E-state index contributed by atoms with van der Waals surface area (Å²) >= 11 is 0. The number of nitrogens with zero attached hydrogens (tertiary/aromatic N) is 7. The van der Waals surface area contributed by atoms with E-state index in [1.807, 2.05) is 6.07 Å². The highest BCUT2D eigenvalue weighted by Gasteiger charge is 2.31. The summed E-state index contributed by atoms with van der Waals surface area (Å²) in [5.41, 5.74) is 12.2. The Hall–Kier alpha value is -3.90. The zero-order valence-corrected chi connectivity index (χ0v) is 25.6. The third-order valence-electron chi connectivity index (χ3n) is 9.85. The normalized spacial score (nSPS) is 22.1. The number of aromatic amines is 1. The van der Waals surface area contributed by atoms with Gasteiger partial charge in [0.05, 0.1) is 35.7 Å². The smallest absolute Gasteiger partial charge is 0.164 e. The molecule has 11 heteroatoms. The quantitative estimate of drug-likeness (QED) is 0.264. The van der Waals surface area contributed by atoms with Crippen LogP contribution in [0, 0.1) is 0 Å². The maximum Gasteiger partial charge on any atom is 0.164 e. The van der Waals surface area contributed by atoms with Gasteiger partial charge in [0.2, 0.25) is 0 Å². The lowest BCUT2D eigenvalue weighted by Crippen LogP contribution is -2.51. The van der Waals surface area contributed by atoms with Crippen molar-refractivity contribution in [2.45, 2.75) is 56.9 Å². The van der Waals surface area contributed by atoms with Crippen LogP contribution in [0.5, 0.6) is 0 Å². The number of hydrogen-bond donors (Lipinski definition) is 2. The molecule has 0 bridgehead atoms. The van der Waals surface area contributed by atoms with Gasteiger partial charge >= 0.3 is 0 Å². The van der Waals surface area contributed by atoms with Gasteiger partial charge in [0.1, 0.15) is 23.7 Å². The molecule has 3 fully saturated rings. The van der Waals surface area contributed by atoms with Crippen molar-refractivity contribution in [3.05, 3.63) is 66.2 Å². The summed E-state index contributed by atoms with van der Waals surface area (Å²) in [7, 11) is 0. The fraction of sp³-hybridized carbons (Fsp3) is 0.471. The van der Waals surface area contributed by atoms with Gasteiger partial charge in [0, 0.05) is 57.2 Å². The van der Waals surface area contributed by atoms with Gasteiger partial charge in [-0.1, -0.05) is 36.4 Å². The third kappa shape index (κ3) is 5.93. The highest BCUT2D eigenvalue weighted by atomic mass is 16.7. The molecular formula is C34H41N9O2. The monoisotopic (exact) mass is 607 g/mol. The van der Waals surface area contributed by atoms with Crippen LogP contribution in [0.25, 0.3) is 33.3 Å². The summed E-state index contributed by atoms with van der Waals surface area (Å²) < 4.78 is 13.4. The molecule has 0 amide bonds. The van der Waals surface area contributed by atoms with E-state index in [2.05, 4.69) is 66.9 Å². The maximum atomic E-state index is 6.48. The molecule has 2 aliphatic heterocycles. The van der Waals surface area contributed by atoms with Crippen LogP contribution in [-0.4, -0.2) is 97.8 Å². The molecule has 3 N–H and O–H groups in total. The fourth-order valence-electron chi connectivity index (χ4n) is 7.41. The molecule has 3 aromatic heterocycles. The zero-order valence-electron chi connectivity index (χ0n) is 25.6. The van der Waals surface area contributed by atoms with Crippen molar-refractivity contribution in [3.8, 4) is 11.3 Å². The Labute approximate surface area is 262 Å². The molecule has 1 aliphatic carbocycles. The summed E-state index contributed by atoms with van der Waals surface area (Å²) in [4.78, 5) is 22.7. The van der Waals surface area contributed by atoms with E-state index in [0.29, 0.717) is 11.9 Å². The molecule has 11 nitrogen and oxygen atoms in total. The van der Waals surface area contributed by atoms with Crippen LogP contribution in [-0.2, 0) is 15.9 Å². The van der Waals surface area contributed by atoms with Crippen LogP contribution >= 0.6 is 0 Å². The standard InChI is InChI=1S/C34H41N9O2/c35-33-31-32(24-6-11-27-28(21-24)39-29(38-27)20-23-4-2-1-3-5-23)40-43(34(31)37-22-36-33)26-9-7-25(8-10-26)42-16-14-41(15-17-42)13-12-30-44-18-19-45-30/h1-6,11,21-22,25-26,30H,7-10,12-20H2,(H,38,39)(H2,35,36,37)/t25-,26+. The highest BCUT2D eigenvalue weighted by molar-refractivity contribution is 5.99. The first-order chi connectivity index (χ1) is 22.2. The van der Waals surface area contributed by atoms with Crippen molar-refractivity contribution in [1.82, 2.24) is 39.5 Å². The van der Waals surface area contributed by atoms with Crippen molar-refractivity contribution < 1.29 is 9.47 Å². The number of hydrogen-bond acceptors (Lipinski definition) is 9. The lowest BCUT2D eigenvalue weighted by atomic mass is 9.90. The number of aromatic nitrogens is 6. The van der Waals surface area contributed by atoms with E-state index in [9.17, 15) is 0 Å². The Morgan fingerprint density at radius 2 is 1.67 bits per heavy atom. The minimum Gasteiger partial charge on any atom is -0.383 e. The van der Waals surface area contributed by atoms with E-state index < -0.39 is 0 Å². The summed E-state index contributed by atoms with van der Waals surface area (Å²) in [6, 6.07) is 17.6. The summed E-state index contributed by atoms with van der Waals surface area (Å²) in [6.07, 6.45) is 7.73. The number of benzene rings is 2. The average Bonchev–Trinajstić information content (AvgIpc) is 3.84. The van der Waals surface area contributed by atoms with Gasteiger partial charge in [0.15, 0.2) is 11.9 Å². The predicted molar refractivity (Wildman–Crippen MR) is 174 cm³/mol. The topological polar surface area (TPSA) is 123 Å². The number of piperazine rings is 1. The van der Waals surface area contributed by atoms with Crippen LogP contribution < -0.4 is 5.73 Å². The van der Waals surface area contributed by atoms with Crippen LogP contribution in [0.15, 0.2) is 54.9 Å². The number of imidazole rings is 1. The summed E-state index contributed by atoms with van der Waals surface area (Å²) in [5.74, 6) is 1.41. The van der Waals surface area contributed by atoms with Crippen molar-refractivity contribution in [2.24, 2.45) is 0 Å². The molecule has 5 aromatic rings. The van der Waals surface area contributed by atoms with Gasteiger partial charge in [-0.25, -0.2) is 19.6 Å². The SMILES string of the molecule is Nc1ncnc2c1c(-c1ccc3[nH]c(Cc4ccccc4)nc3c1)nn2[C@H]1CC[C@@H](N2CCN(CCC3OCCO3)CC2)CC1. The van der Waals surface area contributed by atoms with E-state index in [-0.39, 0.29) is 12.3 Å². The average molecular weight is 608 g/mol. The van der Waals surface area contributed by atoms with E-state index in [1.54, 1.807) is 6.33 Å². The molecule has 2 saturated heterocycles. The maximum absolute atomic E-state index is 6.48. The molecule has 0 radical (unpaired) electrons. The van der Waals surface area contributed by atoms with Crippen LogP contribution in [0.4, 0.5) is 5.82 Å². The number of rotatable bonds is 8. The van der Waals surface area contributed by atoms with Crippen LogP contribution in [0.3, 0.4) is 0 Å². The summed E-state index contributed by atoms with van der Waals surface area (Å²) in [6.45, 7) is 7.00. The van der Waals surface area contributed by atoms with Crippen molar-refractivity contribution in [2.75, 3.05) is 51.7 Å². The number of nitrogen functional groups attached to an aromatic ring is 1. The molecule has 0 spiro atoms. The Kier molecular flexibility index (Phi) is 7.92. The zero-order chi connectivity index (χ0) is 30.2. The second kappa shape index (κ2) is 12.5. The van der Waals surface area contributed by atoms with Crippen LogP contribution in [0.1, 0.15) is 49.5 Å². The van der Waals surface area contributed by atoms with Crippen LogP contribution in [0.2, 0.25) is 0 Å². The molecular weight excluding hydrogens is 566 g/mol. The third-order valence-corrected chi connectivity index (χ3v) is 9.85. The first-order valence-electron chi connectivity index (χ1n) is 16.4. The number of ether oxygens (including phenoxy) is 2. The van der Waals surface area contributed by atoms with Crippen molar-refractivity contribution in [1.29, 1.82) is 0 Å². The minimum absolute atomic E-state index is 0.0104. The molecule has 1 saturated carbocycles. The number of H-pyrrole nitrogens is 1. The lowest BCUT2D eigenvalue weighted by molar-refractivity contribution is -0.0540. The number of fused-ring (bicyclic) bond motifs is 2. The van der Waals surface area contributed by atoms with Gasteiger partial charge in [0.25, 0.3) is 0 Å². The van der Waals surface area contributed by atoms with Crippen molar-refractivity contribution in [3.63, 3.8) is 0 Å². The second-order valence-electron chi connectivity index (χ2n) is 12.6. The predicted octanol–water partition coefficient (Wildman–Crippen LogP) is 4.41. The minimum atomic E-state index is -0.0104. The van der Waals surface area contributed by atoms with Gasteiger partial charge in [-0.2, -0.15) is 5.10 Å². The molecule has 8 rings (SSSR count). The Bertz CT molecular complexity index is 1750. The molecule has 0 unspecified atom stereocenters. The molecule has 2 aromatic carbocycles. The van der Waals surface area contributed by atoms with E-state index in [1.165, 1.54) is 5.56 Å². The largest absolute Gasteiger partial charge is 0.383 e. The molecule has 0 atom stereocenters.